The number of benzene rings is 4. The van der Waals surface area contributed by atoms with Gasteiger partial charge in [0.05, 0.1) is 52.9 Å². The number of nitrogens with one attached hydrogen (secondary N) is 5. The van der Waals surface area contributed by atoms with Crippen LogP contribution in [0.3, 0.4) is 0 Å². The number of anilines is 2. The van der Waals surface area contributed by atoms with Crippen molar-refractivity contribution in [2.24, 2.45) is 27.6 Å². The van der Waals surface area contributed by atoms with Crippen LogP contribution in [0.5, 0.6) is 0 Å². The molecule has 21 nitrogen and oxygen atoms in total. The maximum absolute atomic E-state index is 14.2. The Morgan fingerprint density at radius 2 is 1.49 bits per heavy atom. The molecule has 7 aliphatic rings. The van der Waals surface area contributed by atoms with Gasteiger partial charge < -0.3 is 50.5 Å². The number of hydrogen-bond acceptors (Lipinski definition) is 18. The Bertz CT molecular complexity index is 4030. The second kappa shape index (κ2) is 35.8. The lowest BCUT2D eigenvalue weighted by molar-refractivity contribution is -0.167. The van der Waals surface area contributed by atoms with Crippen molar-refractivity contribution < 1.29 is 51.8 Å². The van der Waals surface area contributed by atoms with Crippen molar-refractivity contribution >= 4 is 79.8 Å². The number of carbonyl (C=O) groups excluding carboxylic acids is 6. The number of allylic oxidation sites excluding steroid dienone is 1. The molecular weight excluding hydrogens is 1410 g/mol. The Hall–Kier alpha value is -7.03. The summed E-state index contributed by atoms with van der Waals surface area (Å²) in [4.78, 5) is 96.2. The number of nitrogens with zero attached hydrogens (tertiary/aromatic N) is 5. The van der Waals surface area contributed by atoms with Gasteiger partial charge in [0, 0.05) is 124 Å². The van der Waals surface area contributed by atoms with Gasteiger partial charge in [-0.2, -0.15) is 0 Å². The van der Waals surface area contributed by atoms with Crippen LogP contribution in [0.25, 0.3) is 10.4 Å². The van der Waals surface area contributed by atoms with Gasteiger partial charge in [0.25, 0.3) is 15.9 Å². The predicted molar refractivity (Wildman–Crippen MR) is 423 cm³/mol. The number of thioether (sulfide) groups is 1. The first-order valence-electron chi connectivity index (χ1n) is 38.7. The minimum Gasteiger partial charge on any atom is -0.391 e. The fourth-order valence-electron chi connectivity index (χ4n) is 16.8. The Balaban J connectivity index is 0.541. The van der Waals surface area contributed by atoms with Crippen LogP contribution in [-0.4, -0.2) is 190 Å². The Kier molecular flexibility index (Phi) is 27.1. The van der Waals surface area contributed by atoms with Crippen molar-refractivity contribution in [3.63, 3.8) is 0 Å². The summed E-state index contributed by atoms with van der Waals surface area (Å²) in [7, 11) is -4.19. The minimum absolute atomic E-state index is 0.00254. The van der Waals surface area contributed by atoms with Crippen molar-refractivity contribution in [1.82, 2.24) is 40.4 Å². The zero-order chi connectivity index (χ0) is 76.3. The second-order valence-corrected chi connectivity index (χ2v) is 36.8. The van der Waals surface area contributed by atoms with Crippen molar-refractivity contribution in [2.45, 2.75) is 192 Å². The number of likely N-dealkylation sites (tertiary alicyclic amines) is 2. The number of ether oxygens (including phenoxy) is 2. The topological polar surface area (TPSA) is 261 Å². The van der Waals surface area contributed by atoms with E-state index in [9.17, 15) is 42.3 Å². The van der Waals surface area contributed by atoms with Crippen molar-refractivity contribution in [3.05, 3.63) is 136 Å². The van der Waals surface area contributed by atoms with Gasteiger partial charge in [-0.1, -0.05) is 95.2 Å². The predicted octanol–water partition coefficient (Wildman–Crippen LogP) is 11.7. The Morgan fingerprint density at radius 3 is 2.15 bits per heavy atom. The van der Waals surface area contributed by atoms with Crippen LogP contribution in [0.4, 0.5) is 11.4 Å². The van der Waals surface area contributed by atoms with Crippen molar-refractivity contribution in [3.8, 4) is 10.4 Å². The number of piperazine rings is 1. The van der Waals surface area contributed by atoms with Gasteiger partial charge in [0.2, 0.25) is 23.6 Å². The van der Waals surface area contributed by atoms with E-state index in [1.807, 2.05) is 102 Å². The van der Waals surface area contributed by atoms with Crippen molar-refractivity contribution in [2.75, 3.05) is 108 Å². The number of Topliss-reactive ketones (excluding diaryl/α,β-unsaturated/α-hetero) is 1. The molecule has 2 bridgehead atoms. The molecule has 4 aromatic carbocycles. The number of aliphatic hydroxyl groups excluding tert-OH is 1. The maximum Gasteiger partial charge on any atom is 0.264 e. The lowest BCUT2D eigenvalue weighted by atomic mass is 9.33. The molecule has 3 saturated heterocycles. The van der Waals surface area contributed by atoms with E-state index >= 15 is 0 Å². The molecule has 6 fully saturated rings. The fraction of sp³-hybridized carbons (Fsp3) is 0.578. The number of amides is 5. The number of sulfonamides is 1. The summed E-state index contributed by atoms with van der Waals surface area (Å²) in [6.07, 6.45) is 10.2. The first kappa shape index (κ1) is 81.0. The first-order chi connectivity index (χ1) is 51.0. The zero-order valence-corrected chi connectivity index (χ0v) is 66.7. The maximum atomic E-state index is 14.2. The lowest BCUT2D eigenvalue weighted by Crippen LogP contribution is -2.61. The third kappa shape index (κ3) is 21.5. The quantitative estimate of drug-likeness (QED) is 0.0125. The van der Waals surface area contributed by atoms with Crippen LogP contribution < -0.4 is 30.9 Å². The SMILES string of the molecule is Cc1cc(S(=O)(=O)NC(=O)c2ccc(N3CCN(CC4=C(C56CC(C)(C5)C6)CC(C)(C)CC4)CC3)cc2)ccc1N[C@H](CCN1CCC(C(=O)CCCOCCOCCNC(=O)CCC(=O)N[C@H](C(=O)N2C[C@H](O)C[C@H]2C(=O)N[C@@H](C)c2ccc(-c3scnc3C)cc2)C(C)(C)C)CC1)CSc1ccccc1. The van der Waals surface area contributed by atoms with Gasteiger partial charge in [0.15, 0.2) is 0 Å². The summed E-state index contributed by atoms with van der Waals surface area (Å²) >= 11 is 3.33. The molecule has 580 valence electrons. The molecule has 1 aromatic heterocycles. The molecule has 5 atom stereocenters. The van der Waals surface area contributed by atoms with E-state index in [4.69, 9.17) is 9.47 Å². The summed E-state index contributed by atoms with van der Waals surface area (Å²) in [6.45, 7) is 27.2. The molecule has 0 unspecified atom stereocenters. The van der Waals surface area contributed by atoms with E-state index in [0.29, 0.717) is 48.9 Å². The average Bonchev–Trinajstić information content (AvgIpc) is 0.940. The number of rotatable bonds is 35. The molecule has 4 aliphatic carbocycles. The molecule has 5 amide bonds. The van der Waals surface area contributed by atoms with E-state index in [1.54, 1.807) is 64.6 Å². The normalized spacial score (nSPS) is 22.1. The highest BCUT2D eigenvalue weighted by Gasteiger charge is 2.67. The van der Waals surface area contributed by atoms with E-state index < -0.39 is 57.3 Å². The summed E-state index contributed by atoms with van der Waals surface area (Å²) in [6, 6.07) is 28.1. The minimum atomic E-state index is -4.19. The van der Waals surface area contributed by atoms with E-state index in [1.165, 1.54) is 43.4 Å². The highest BCUT2D eigenvalue weighted by molar-refractivity contribution is 7.99. The van der Waals surface area contributed by atoms with Crippen LogP contribution in [0.2, 0.25) is 0 Å². The molecule has 107 heavy (non-hydrogen) atoms. The van der Waals surface area contributed by atoms with Crippen molar-refractivity contribution in [1.29, 1.82) is 0 Å². The average molecular weight is 1520 g/mol. The number of piperidine rings is 1. The Morgan fingerprint density at radius 1 is 0.794 bits per heavy atom. The molecule has 3 aliphatic heterocycles. The van der Waals surface area contributed by atoms with Gasteiger partial charge in [-0.05, 0) is 191 Å². The molecular formula is C83H114N10O11S3. The van der Waals surface area contributed by atoms with Crippen LogP contribution in [0.15, 0.2) is 124 Å². The van der Waals surface area contributed by atoms with Crippen LogP contribution in [0, 0.1) is 41.4 Å². The monoisotopic (exact) mass is 1520 g/mol. The van der Waals surface area contributed by atoms with E-state index in [2.05, 4.69) is 78.6 Å². The standard InChI is InChI=1S/C83H114N10O11S3/c1-56-46-68(107(101,102)89-77(98)62-21-23-65(24-22-62)92-40-38-91(39-41-92)49-63-29-33-81(7,8)48-69(63)83-52-82(9,53-83)54-83)25-26-70(56)87-64(51-105-67-14-11-10-12-15-67)32-37-90-35-30-60(31-36-90)72(95)16-13-42-103-44-45-104-43-34-84-73(96)27-28-74(97)88-76(80(4,5)6)79(100)93-50-66(94)47-71(93)78(99)86-57(2)59-17-19-61(20-18-59)75-58(3)85-55-106-75/h10-12,14-15,17-26,46,55,57,60,64,66,71,76,87,94H,13,16,27-45,47-54H2,1-9H3,(H,84,96)(H,86,99)(H,88,97)(H,89,98)/t57-,64+,66+,71-,76+,82?,83?/m0/s1. The number of aryl methyl sites for hydroxylation is 2. The first-order valence-corrected chi connectivity index (χ1v) is 42.0. The Labute approximate surface area is 642 Å². The molecule has 3 saturated carbocycles. The summed E-state index contributed by atoms with van der Waals surface area (Å²) in [5, 5.41) is 23.0. The van der Waals surface area contributed by atoms with E-state index in [0.717, 1.165) is 121 Å². The molecule has 24 heteroatoms. The van der Waals surface area contributed by atoms with Gasteiger partial charge >= 0.3 is 0 Å². The van der Waals surface area contributed by atoms with Crippen LogP contribution >= 0.6 is 23.1 Å². The zero-order valence-electron chi connectivity index (χ0n) is 64.3. The molecule has 4 heterocycles. The van der Waals surface area contributed by atoms with E-state index in [-0.39, 0.29) is 79.1 Å². The number of ketones is 1. The molecule has 6 N–H and O–H groups in total. The molecule has 5 aromatic rings. The highest BCUT2D eigenvalue weighted by Crippen LogP contribution is 2.77. The number of carbonyl (C=O) groups is 6. The number of aromatic nitrogens is 1. The smallest absolute Gasteiger partial charge is 0.264 e. The lowest BCUT2D eigenvalue weighted by Gasteiger charge is -2.72. The molecule has 12 rings (SSSR count). The third-order valence-corrected chi connectivity index (χ3v) is 26.3. The van der Waals surface area contributed by atoms with Crippen LogP contribution in [-0.2, 0) is 43.5 Å². The van der Waals surface area contributed by atoms with Gasteiger partial charge in [0.1, 0.15) is 17.9 Å². The second-order valence-electron chi connectivity index (χ2n) is 33.2. The molecule has 0 radical (unpaired) electrons. The third-order valence-electron chi connectivity index (χ3n) is 22.8. The van der Waals surface area contributed by atoms with Gasteiger partial charge in [-0.25, -0.2) is 18.1 Å². The fourth-order valence-corrected chi connectivity index (χ4v) is 19.7. The largest absolute Gasteiger partial charge is 0.391 e. The van der Waals surface area contributed by atoms with Gasteiger partial charge in [-0.3, -0.25) is 33.7 Å². The van der Waals surface area contributed by atoms with Crippen LogP contribution in [0.1, 0.15) is 172 Å². The summed E-state index contributed by atoms with van der Waals surface area (Å²) in [5.74, 6) is -1.37. The number of hydrogen-bond donors (Lipinski definition) is 6. The number of aliphatic hydroxyl groups is 1. The highest BCUT2D eigenvalue weighted by atomic mass is 32.2. The summed E-state index contributed by atoms with van der Waals surface area (Å²) < 4.78 is 41.3. The molecule has 0 spiro atoms. The number of thiazole rings is 1. The van der Waals surface area contributed by atoms with Gasteiger partial charge in [-0.15, -0.1) is 23.1 Å². The number of β-amino-alcohol motifs (C(OH)–C–C–N with tert-alkyl or cyclic N) is 1. The summed E-state index contributed by atoms with van der Waals surface area (Å²) in [5.41, 5.74) is 11.8.